The van der Waals surface area contributed by atoms with Gasteiger partial charge in [-0.2, -0.15) is 0 Å². The number of Topliss-reactive ketones (excluding diaryl/α,β-unsaturated/α-hetero) is 1. The molecule has 7 unspecified atom stereocenters. The number of ether oxygens (including phenoxy) is 1. The Bertz CT molecular complexity index is 729. The van der Waals surface area contributed by atoms with Gasteiger partial charge in [-0.15, -0.1) is 4.52 Å². The first-order valence-corrected chi connectivity index (χ1v) is 15.4. The molecule has 0 aromatic rings. The van der Waals surface area contributed by atoms with Crippen LogP contribution in [0.15, 0.2) is 0 Å². The molecule has 0 heterocycles. The van der Waals surface area contributed by atoms with E-state index >= 15 is 0 Å². The van der Waals surface area contributed by atoms with Gasteiger partial charge in [-0.25, -0.2) is 0 Å². The molecular formula is C28H49NO4P+. The van der Waals surface area contributed by atoms with Gasteiger partial charge in [0.25, 0.3) is 0 Å². The van der Waals surface area contributed by atoms with Gasteiger partial charge in [-0.05, 0) is 123 Å². The number of nitrogens with one attached hydrogen (secondary N) is 1. The lowest BCUT2D eigenvalue weighted by atomic mass is 9.45. The molecule has 4 aliphatic rings. The second-order valence-corrected chi connectivity index (χ2v) is 13.8. The average molecular weight is 495 g/mol. The quantitative estimate of drug-likeness (QED) is 0.246. The lowest BCUT2D eigenvalue weighted by Crippen LogP contribution is -2.52. The van der Waals surface area contributed by atoms with E-state index in [0.29, 0.717) is 17.4 Å². The van der Waals surface area contributed by atoms with E-state index in [1.54, 1.807) is 0 Å². The minimum Gasteiger partial charge on any atom is -0.371 e. The molecule has 0 aromatic heterocycles. The van der Waals surface area contributed by atoms with Crippen LogP contribution in [0.3, 0.4) is 0 Å². The second-order valence-electron chi connectivity index (χ2n) is 12.7. The van der Waals surface area contributed by atoms with Crippen molar-refractivity contribution in [2.24, 2.45) is 40.4 Å². The van der Waals surface area contributed by atoms with Crippen molar-refractivity contribution >= 4 is 14.0 Å². The number of hydrogen-bond acceptors (Lipinski definition) is 4. The molecule has 1 N–H and O–H groups in total. The van der Waals surface area contributed by atoms with Crippen LogP contribution >= 0.6 is 8.18 Å². The smallest absolute Gasteiger partial charge is 0.371 e. The molecule has 0 saturated heterocycles. The summed E-state index contributed by atoms with van der Waals surface area (Å²) in [5.41, 5.74) is 1.11. The molecule has 0 aromatic carbocycles. The van der Waals surface area contributed by atoms with Crippen molar-refractivity contribution in [2.45, 2.75) is 111 Å². The maximum Gasteiger partial charge on any atom is 0.613 e. The fourth-order valence-corrected chi connectivity index (χ4v) is 9.56. The Morgan fingerprint density at radius 3 is 2.59 bits per heavy atom. The van der Waals surface area contributed by atoms with Crippen LogP contribution in [0.4, 0.5) is 0 Å². The summed E-state index contributed by atoms with van der Waals surface area (Å²) in [6.45, 7) is 9.65. The summed E-state index contributed by atoms with van der Waals surface area (Å²) >= 11 is 0. The molecule has 5 nitrogen and oxygen atoms in total. The Labute approximate surface area is 208 Å². The van der Waals surface area contributed by atoms with Crippen LogP contribution in [0.5, 0.6) is 0 Å². The molecule has 0 aliphatic heterocycles. The first kappa shape index (κ1) is 26.7. The van der Waals surface area contributed by atoms with Crippen molar-refractivity contribution in [2.75, 3.05) is 19.8 Å². The summed E-state index contributed by atoms with van der Waals surface area (Å²) in [6, 6.07) is 0. The van der Waals surface area contributed by atoms with Crippen LogP contribution in [0, 0.1) is 40.4 Å². The zero-order valence-electron chi connectivity index (χ0n) is 22.2. The summed E-state index contributed by atoms with van der Waals surface area (Å²) in [7, 11) is -1.99. The van der Waals surface area contributed by atoms with E-state index in [9.17, 15) is 9.36 Å². The fourth-order valence-electron chi connectivity index (χ4n) is 8.86. The van der Waals surface area contributed by atoms with Gasteiger partial charge < -0.3 is 4.74 Å². The number of ketones is 1. The number of hydrogen-bond donors (Lipinski definition) is 1. The lowest BCUT2D eigenvalue weighted by molar-refractivity contribution is -0.123. The van der Waals surface area contributed by atoms with Gasteiger partial charge >= 0.3 is 8.18 Å². The van der Waals surface area contributed by atoms with Crippen molar-refractivity contribution in [3.63, 3.8) is 0 Å². The van der Waals surface area contributed by atoms with Gasteiger partial charge in [0.2, 0.25) is 0 Å². The molecule has 4 aliphatic carbocycles. The number of fused-ring (bicyclic) bond motifs is 5. The number of carbonyl (C=O) groups excluding carboxylic acids is 1. The molecule has 0 spiro atoms. The first-order valence-electron chi connectivity index (χ1n) is 14.2. The van der Waals surface area contributed by atoms with Gasteiger partial charge in [0.15, 0.2) is 5.78 Å². The maximum absolute atomic E-state index is 12.1. The third kappa shape index (κ3) is 5.63. The monoisotopic (exact) mass is 494 g/mol. The minimum atomic E-state index is -1.99. The molecule has 0 radical (unpaired) electrons. The topological polar surface area (TPSA) is 64.6 Å². The summed E-state index contributed by atoms with van der Waals surface area (Å²) in [5.74, 6) is 4.51. The molecule has 4 rings (SSSR count). The molecule has 0 bridgehead atoms. The highest BCUT2D eigenvalue weighted by molar-refractivity contribution is 7.36. The highest BCUT2D eigenvalue weighted by Gasteiger charge is 2.59. The molecule has 6 heteroatoms. The van der Waals surface area contributed by atoms with Crippen molar-refractivity contribution in [3.05, 3.63) is 0 Å². The van der Waals surface area contributed by atoms with Gasteiger partial charge in [-0.3, -0.25) is 4.79 Å². The average Bonchev–Trinajstić information content (AvgIpc) is 3.15. The minimum absolute atomic E-state index is 0.0198. The van der Waals surface area contributed by atoms with Crippen LogP contribution in [-0.2, 0) is 18.6 Å². The molecule has 34 heavy (non-hydrogen) atoms. The van der Waals surface area contributed by atoms with E-state index in [-0.39, 0.29) is 25.0 Å². The third-order valence-corrected chi connectivity index (χ3v) is 11.5. The van der Waals surface area contributed by atoms with E-state index in [0.717, 1.165) is 36.0 Å². The van der Waals surface area contributed by atoms with E-state index in [4.69, 9.17) is 9.26 Å². The summed E-state index contributed by atoms with van der Waals surface area (Å²) < 4.78 is 22.9. The molecule has 4 fully saturated rings. The maximum atomic E-state index is 12.1. The summed E-state index contributed by atoms with van der Waals surface area (Å²) in [4.78, 5) is 11.8. The summed E-state index contributed by atoms with van der Waals surface area (Å²) in [6.07, 6.45) is 16.6. The third-order valence-electron chi connectivity index (χ3n) is 10.7. The Morgan fingerprint density at radius 2 is 1.79 bits per heavy atom. The normalized spacial score (nSPS) is 39.9. The SMILES string of the molecule is CC(C)OCC(=O)CN[P+](=O)OCCC[C@H]1CCC2C3CCC4CCCCC4(C)C3CCC21C. The largest absolute Gasteiger partial charge is 0.613 e. The second kappa shape index (κ2) is 11.4. The van der Waals surface area contributed by atoms with Crippen LogP contribution in [0.1, 0.15) is 105 Å². The molecule has 4 saturated carbocycles. The molecule has 194 valence electrons. The van der Waals surface area contributed by atoms with Crippen molar-refractivity contribution in [1.82, 2.24) is 5.09 Å². The number of carbonyl (C=O) groups is 1. The molecule has 8 atom stereocenters. The van der Waals surface area contributed by atoms with Crippen LogP contribution < -0.4 is 5.09 Å². The van der Waals surface area contributed by atoms with Crippen LogP contribution in [0.2, 0.25) is 0 Å². The summed E-state index contributed by atoms with van der Waals surface area (Å²) in [5, 5.41) is 2.70. The Balaban J connectivity index is 1.21. The Kier molecular flexibility index (Phi) is 8.93. The van der Waals surface area contributed by atoms with Crippen molar-refractivity contribution < 1.29 is 18.6 Å². The van der Waals surface area contributed by atoms with Gasteiger partial charge in [0, 0.05) is 0 Å². The highest BCUT2D eigenvalue weighted by Crippen LogP contribution is 2.67. The Morgan fingerprint density at radius 1 is 1.00 bits per heavy atom. The standard InChI is InChI=1S/C28H49NO4P/c1-20(2)32-19-23(30)18-29-34(31)33-17-7-9-22-11-13-25-24-12-10-21-8-5-6-15-27(21,3)26(24)14-16-28(22,25)4/h20-22,24-26H,5-19H2,1-4H3,(H,29,31)/q+1/t21?,22-,24?,25?,26?,27?,28?/m0/s1. The Hall–Kier alpha value is -0.350. The first-order chi connectivity index (χ1) is 16.2. The fraction of sp³-hybridized carbons (Fsp3) is 0.964. The number of rotatable bonds is 11. The zero-order valence-corrected chi connectivity index (χ0v) is 23.0. The molecule has 0 amide bonds. The van der Waals surface area contributed by atoms with Crippen LogP contribution in [-0.4, -0.2) is 31.6 Å². The van der Waals surface area contributed by atoms with E-state index in [1.165, 1.54) is 70.6 Å². The highest BCUT2D eigenvalue weighted by atomic mass is 31.1. The van der Waals surface area contributed by atoms with Crippen molar-refractivity contribution in [3.8, 4) is 0 Å². The van der Waals surface area contributed by atoms with Crippen LogP contribution in [0.25, 0.3) is 0 Å². The van der Waals surface area contributed by atoms with Gasteiger partial charge in [0.05, 0.1) is 6.10 Å². The lowest BCUT2D eigenvalue weighted by Gasteiger charge is -2.60. The van der Waals surface area contributed by atoms with Gasteiger partial charge in [-0.1, -0.05) is 31.8 Å². The van der Waals surface area contributed by atoms with E-state index in [1.807, 2.05) is 13.8 Å². The zero-order chi connectivity index (χ0) is 24.3. The molecular weight excluding hydrogens is 445 g/mol. The predicted molar refractivity (Wildman–Crippen MR) is 137 cm³/mol. The van der Waals surface area contributed by atoms with Gasteiger partial charge in [0.1, 0.15) is 19.8 Å². The van der Waals surface area contributed by atoms with Crippen molar-refractivity contribution in [1.29, 1.82) is 0 Å². The van der Waals surface area contributed by atoms with E-state index in [2.05, 4.69) is 18.9 Å². The van der Waals surface area contributed by atoms with E-state index < -0.39 is 8.18 Å². The predicted octanol–water partition coefficient (Wildman–Crippen LogP) is 7.07.